The lowest BCUT2D eigenvalue weighted by molar-refractivity contribution is -0.136. The molecule has 0 amide bonds. The molecule has 2 aromatic carbocycles. The van der Waals surface area contributed by atoms with E-state index in [2.05, 4.69) is 4.90 Å². The smallest absolute Gasteiger partial charge is 0.309 e. The molecule has 0 radical (unpaired) electrons. The number of carbonyl (C=O) groups is 1. The maximum absolute atomic E-state index is 15.2. The van der Waals surface area contributed by atoms with Crippen molar-refractivity contribution in [2.75, 3.05) is 32.9 Å². The predicted octanol–water partition coefficient (Wildman–Crippen LogP) is 3.44. The maximum atomic E-state index is 15.2. The number of ether oxygens (including phenoxy) is 2. The number of morpholine rings is 1. The van der Waals surface area contributed by atoms with E-state index in [0.717, 1.165) is 36.2 Å². The first-order chi connectivity index (χ1) is 16.8. The Labute approximate surface area is 202 Å². The summed E-state index contributed by atoms with van der Waals surface area (Å²) >= 11 is 0. The van der Waals surface area contributed by atoms with E-state index in [-0.39, 0.29) is 17.7 Å². The summed E-state index contributed by atoms with van der Waals surface area (Å²) in [4.78, 5) is 27.4. The fourth-order valence-corrected chi connectivity index (χ4v) is 5.30. The quantitative estimate of drug-likeness (QED) is 0.603. The summed E-state index contributed by atoms with van der Waals surface area (Å²) in [7, 11) is 1.59. The molecule has 0 atom stereocenters. The molecule has 35 heavy (non-hydrogen) atoms. The number of aliphatic carboxylic acids is 1. The van der Waals surface area contributed by atoms with E-state index in [1.54, 1.807) is 7.05 Å². The minimum absolute atomic E-state index is 0.261. The molecule has 3 aromatic rings. The number of nitrogens with zero attached hydrogens (tertiary/aromatic N) is 2. The minimum Gasteiger partial charge on any atom is -0.490 e. The highest BCUT2D eigenvalue weighted by Crippen LogP contribution is 2.40. The summed E-state index contributed by atoms with van der Waals surface area (Å²) < 4.78 is 27.6. The van der Waals surface area contributed by atoms with E-state index < -0.39 is 11.8 Å². The highest BCUT2D eigenvalue weighted by molar-refractivity contribution is 5.99. The van der Waals surface area contributed by atoms with Crippen LogP contribution < -0.4 is 10.3 Å². The summed E-state index contributed by atoms with van der Waals surface area (Å²) in [6.45, 7) is 6.11. The number of aromatic nitrogens is 1. The van der Waals surface area contributed by atoms with Gasteiger partial charge < -0.3 is 19.1 Å². The molecule has 5 rings (SSSR count). The SMILES string of the molecule is Cc1c(-c2c(CC(=O)O)n(C)c(=O)c3cc(CN4CCOCC4)ccc23)cc(F)c2c1CCCO2. The topological polar surface area (TPSA) is 81.0 Å². The Bertz CT molecular complexity index is 1370. The van der Waals surface area contributed by atoms with E-state index >= 15 is 4.39 Å². The van der Waals surface area contributed by atoms with Crippen LogP contribution in [0, 0.1) is 12.7 Å². The summed E-state index contributed by atoms with van der Waals surface area (Å²) in [6.07, 6.45) is 1.13. The van der Waals surface area contributed by atoms with Gasteiger partial charge >= 0.3 is 5.97 Å². The number of rotatable bonds is 5. The lowest BCUT2D eigenvalue weighted by Crippen LogP contribution is -2.35. The lowest BCUT2D eigenvalue weighted by atomic mass is 9.88. The van der Waals surface area contributed by atoms with Gasteiger partial charge in [-0.3, -0.25) is 14.5 Å². The first-order valence-corrected chi connectivity index (χ1v) is 12.0. The Morgan fingerprint density at radius 1 is 1.14 bits per heavy atom. The number of hydrogen-bond donors (Lipinski definition) is 1. The number of halogens is 1. The van der Waals surface area contributed by atoms with Crippen molar-refractivity contribution in [2.45, 2.75) is 32.7 Å². The van der Waals surface area contributed by atoms with Gasteiger partial charge in [-0.25, -0.2) is 4.39 Å². The molecule has 1 saturated heterocycles. The first kappa shape index (κ1) is 23.5. The van der Waals surface area contributed by atoms with Gasteiger partial charge in [-0.05, 0) is 54.0 Å². The zero-order valence-corrected chi connectivity index (χ0v) is 20.0. The Balaban J connectivity index is 1.74. The number of carboxylic acids is 1. The number of carboxylic acid groups (broad SMARTS) is 1. The van der Waals surface area contributed by atoms with Gasteiger partial charge in [0.25, 0.3) is 5.56 Å². The van der Waals surface area contributed by atoms with Gasteiger partial charge in [0.05, 0.1) is 26.2 Å². The monoisotopic (exact) mass is 480 g/mol. The van der Waals surface area contributed by atoms with Crippen molar-refractivity contribution in [3.8, 4) is 16.9 Å². The highest BCUT2D eigenvalue weighted by Gasteiger charge is 2.25. The van der Waals surface area contributed by atoms with Crippen molar-refractivity contribution in [3.05, 3.63) is 62.8 Å². The van der Waals surface area contributed by atoms with Crippen LogP contribution in [-0.2, 0) is 36.0 Å². The minimum atomic E-state index is -1.05. The van der Waals surface area contributed by atoms with Gasteiger partial charge in [0, 0.05) is 48.9 Å². The van der Waals surface area contributed by atoms with Crippen LogP contribution in [0.15, 0.2) is 29.1 Å². The molecular weight excluding hydrogens is 451 g/mol. The second kappa shape index (κ2) is 9.43. The number of pyridine rings is 1. The van der Waals surface area contributed by atoms with Crippen molar-refractivity contribution in [2.24, 2.45) is 7.05 Å². The molecule has 8 heteroatoms. The molecule has 184 valence electrons. The van der Waals surface area contributed by atoms with E-state index in [1.165, 1.54) is 10.6 Å². The normalized spacial score (nSPS) is 16.2. The molecule has 0 saturated carbocycles. The van der Waals surface area contributed by atoms with Crippen LogP contribution in [0.2, 0.25) is 0 Å². The van der Waals surface area contributed by atoms with Crippen molar-refractivity contribution >= 4 is 16.7 Å². The third-order valence-electron chi connectivity index (χ3n) is 7.12. The zero-order chi connectivity index (χ0) is 24.7. The Hall–Kier alpha value is -3.23. The van der Waals surface area contributed by atoms with Crippen LogP contribution >= 0.6 is 0 Å². The van der Waals surface area contributed by atoms with Crippen molar-refractivity contribution in [1.29, 1.82) is 0 Å². The van der Waals surface area contributed by atoms with Crippen molar-refractivity contribution in [3.63, 3.8) is 0 Å². The molecule has 1 fully saturated rings. The predicted molar refractivity (Wildman–Crippen MR) is 131 cm³/mol. The average molecular weight is 481 g/mol. The van der Waals surface area contributed by atoms with Crippen LogP contribution in [0.3, 0.4) is 0 Å². The van der Waals surface area contributed by atoms with E-state index in [4.69, 9.17) is 9.47 Å². The molecule has 1 N–H and O–H groups in total. The summed E-state index contributed by atoms with van der Waals surface area (Å²) in [5, 5.41) is 10.8. The molecule has 2 aliphatic rings. The summed E-state index contributed by atoms with van der Waals surface area (Å²) in [5.74, 6) is -1.24. The van der Waals surface area contributed by atoms with Gasteiger partial charge in [-0.2, -0.15) is 0 Å². The first-order valence-electron chi connectivity index (χ1n) is 12.0. The third kappa shape index (κ3) is 4.32. The van der Waals surface area contributed by atoms with Crippen molar-refractivity contribution < 1.29 is 23.8 Å². The summed E-state index contributed by atoms with van der Waals surface area (Å²) in [6, 6.07) is 7.15. The van der Waals surface area contributed by atoms with E-state index in [9.17, 15) is 14.7 Å². The number of hydrogen-bond acceptors (Lipinski definition) is 5. The molecule has 7 nitrogen and oxygen atoms in total. The van der Waals surface area contributed by atoms with Crippen LogP contribution in [0.25, 0.3) is 21.9 Å². The third-order valence-corrected chi connectivity index (χ3v) is 7.12. The fraction of sp³-hybridized carbons (Fsp3) is 0.407. The largest absolute Gasteiger partial charge is 0.490 e. The molecule has 0 aliphatic carbocycles. The molecule has 2 aliphatic heterocycles. The molecule has 3 heterocycles. The van der Waals surface area contributed by atoms with Crippen LogP contribution in [0.1, 0.15) is 28.8 Å². The molecular formula is C27H29FN2O5. The zero-order valence-electron chi connectivity index (χ0n) is 20.0. The maximum Gasteiger partial charge on any atom is 0.309 e. The van der Waals surface area contributed by atoms with E-state index in [1.807, 2.05) is 25.1 Å². The van der Waals surface area contributed by atoms with Crippen LogP contribution in [-0.4, -0.2) is 53.5 Å². The Morgan fingerprint density at radius 2 is 1.91 bits per heavy atom. The van der Waals surface area contributed by atoms with Crippen molar-refractivity contribution in [1.82, 2.24) is 9.47 Å². The van der Waals surface area contributed by atoms with Gasteiger partial charge in [-0.15, -0.1) is 0 Å². The summed E-state index contributed by atoms with van der Waals surface area (Å²) in [5.41, 5.74) is 3.94. The van der Waals surface area contributed by atoms with Gasteiger partial charge in [0.2, 0.25) is 0 Å². The van der Waals surface area contributed by atoms with Gasteiger partial charge in [0.1, 0.15) is 0 Å². The number of benzene rings is 2. The number of fused-ring (bicyclic) bond motifs is 2. The average Bonchev–Trinajstić information content (AvgIpc) is 2.86. The molecule has 1 aromatic heterocycles. The van der Waals surface area contributed by atoms with Gasteiger partial charge in [0.15, 0.2) is 11.6 Å². The highest BCUT2D eigenvalue weighted by atomic mass is 19.1. The Morgan fingerprint density at radius 3 is 2.66 bits per heavy atom. The second-order valence-electron chi connectivity index (χ2n) is 9.32. The molecule has 0 unspecified atom stereocenters. The van der Waals surface area contributed by atoms with Gasteiger partial charge in [-0.1, -0.05) is 12.1 Å². The fourth-order valence-electron chi connectivity index (χ4n) is 5.30. The standard InChI is InChI=1S/C27H29FN2O5/c1-16-18-4-3-9-35-26(18)22(28)13-20(16)25-19-6-5-17(15-30-7-10-34-11-8-30)12-21(19)27(33)29(2)23(25)14-24(31)32/h5-6,12-13H,3-4,7-11,14-15H2,1-2H3,(H,31,32). The van der Waals surface area contributed by atoms with Crippen LogP contribution in [0.4, 0.5) is 4.39 Å². The lowest BCUT2D eigenvalue weighted by Gasteiger charge is -2.27. The molecule has 0 spiro atoms. The van der Waals surface area contributed by atoms with E-state index in [0.29, 0.717) is 60.4 Å². The molecule has 0 bridgehead atoms. The second-order valence-corrected chi connectivity index (χ2v) is 9.32. The Kier molecular flexibility index (Phi) is 6.34. The van der Waals surface area contributed by atoms with Crippen LogP contribution in [0.5, 0.6) is 5.75 Å².